The highest BCUT2D eigenvalue weighted by Gasteiger charge is 2.14. The molecule has 0 fully saturated rings. The summed E-state index contributed by atoms with van der Waals surface area (Å²) in [6.07, 6.45) is 0.166. The van der Waals surface area contributed by atoms with Crippen LogP contribution in [-0.4, -0.2) is 30.3 Å². The zero-order valence-corrected chi connectivity index (χ0v) is 11.2. The average Bonchev–Trinajstić information content (AvgIpc) is 2.35. The molecule has 0 aliphatic heterocycles. The van der Waals surface area contributed by atoms with E-state index in [0.29, 0.717) is 5.75 Å². The monoisotopic (exact) mass is 269 g/mol. The van der Waals surface area contributed by atoms with E-state index in [4.69, 9.17) is 9.84 Å². The molecule has 1 unspecified atom stereocenters. The molecule has 0 aromatic heterocycles. The molecule has 19 heavy (non-hydrogen) atoms. The van der Waals surface area contributed by atoms with Crippen molar-refractivity contribution in [1.82, 2.24) is 5.32 Å². The summed E-state index contributed by atoms with van der Waals surface area (Å²) in [5.41, 5.74) is 0. The van der Waals surface area contributed by atoms with Crippen LogP contribution in [0.5, 0.6) is 5.75 Å². The fourth-order valence-corrected chi connectivity index (χ4v) is 1.52. The van der Waals surface area contributed by atoms with Crippen LogP contribution in [0.2, 0.25) is 0 Å². The number of carbonyl (C=O) groups is 1. The molecule has 0 aliphatic carbocycles. The van der Waals surface area contributed by atoms with E-state index in [9.17, 15) is 9.18 Å². The molecule has 106 valence electrons. The van der Waals surface area contributed by atoms with Gasteiger partial charge in [0.1, 0.15) is 11.6 Å². The normalized spacial score (nSPS) is 12.3. The second-order valence-corrected chi connectivity index (χ2v) is 4.66. The molecular formula is C14H20FNO3. The van der Waals surface area contributed by atoms with Gasteiger partial charge in [0.2, 0.25) is 5.91 Å². The van der Waals surface area contributed by atoms with Crippen LogP contribution in [0.4, 0.5) is 4.39 Å². The largest absolute Gasteiger partial charge is 0.493 e. The van der Waals surface area contributed by atoms with Crippen molar-refractivity contribution in [2.75, 3.05) is 13.2 Å². The molecule has 0 heterocycles. The maximum Gasteiger partial charge on any atom is 0.223 e. The van der Waals surface area contributed by atoms with Gasteiger partial charge in [-0.25, -0.2) is 4.39 Å². The molecule has 0 aliphatic rings. The number of carbonyl (C=O) groups excluding carboxylic acids is 1. The maximum atomic E-state index is 12.9. The van der Waals surface area contributed by atoms with Crippen LogP contribution in [0.3, 0.4) is 0 Å². The van der Waals surface area contributed by atoms with Crippen molar-refractivity contribution in [1.29, 1.82) is 0 Å². The molecule has 1 rings (SSSR count). The first-order valence-corrected chi connectivity index (χ1v) is 6.31. The number of nitrogens with one attached hydrogen (secondary N) is 1. The first-order chi connectivity index (χ1) is 9.02. The summed E-state index contributed by atoms with van der Waals surface area (Å²) in [7, 11) is 0. The highest BCUT2D eigenvalue weighted by Crippen LogP contribution is 2.12. The van der Waals surface area contributed by atoms with Crippen LogP contribution in [0.15, 0.2) is 24.3 Å². The molecular weight excluding hydrogens is 249 g/mol. The molecule has 0 radical (unpaired) electrons. The number of rotatable bonds is 7. The third-order valence-corrected chi connectivity index (χ3v) is 2.74. The lowest BCUT2D eigenvalue weighted by Crippen LogP contribution is -2.41. The van der Waals surface area contributed by atoms with Gasteiger partial charge < -0.3 is 15.2 Å². The van der Waals surface area contributed by atoms with Crippen LogP contribution in [0, 0.1) is 11.7 Å². The minimum atomic E-state index is -0.373. The fraction of sp³-hybridized carbons (Fsp3) is 0.500. The number of hydrogen-bond acceptors (Lipinski definition) is 3. The van der Waals surface area contributed by atoms with Gasteiger partial charge in [-0.2, -0.15) is 0 Å². The van der Waals surface area contributed by atoms with E-state index >= 15 is 0 Å². The van der Waals surface area contributed by atoms with E-state index in [1.54, 1.807) is 12.1 Å². The fourth-order valence-electron chi connectivity index (χ4n) is 1.52. The predicted molar refractivity (Wildman–Crippen MR) is 70.4 cm³/mol. The third kappa shape index (κ3) is 5.70. The number of amides is 1. The maximum absolute atomic E-state index is 12.9. The second kappa shape index (κ2) is 7.74. The molecule has 1 atom stereocenters. The number of aliphatic hydroxyl groups excluding tert-OH is 1. The van der Waals surface area contributed by atoms with E-state index in [2.05, 4.69) is 5.32 Å². The van der Waals surface area contributed by atoms with Crippen LogP contribution in [-0.2, 0) is 4.79 Å². The number of benzene rings is 1. The summed E-state index contributed by atoms with van der Waals surface area (Å²) in [5, 5.41) is 11.8. The Kier molecular flexibility index (Phi) is 6.29. The molecule has 1 amide bonds. The van der Waals surface area contributed by atoms with Crippen LogP contribution in [0.25, 0.3) is 0 Å². The van der Waals surface area contributed by atoms with Crippen molar-refractivity contribution in [3.63, 3.8) is 0 Å². The smallest absolute Gasteiger partial charge is 0.223 e. The summed E-state index contributed by atoms with van der Waals surface area (Å²) >= 11 is 0. The molecule has 0 saturated heterocycles. The third-order valence-electron chi connectivity index (χ3n) is 2.74. The topological polar surface area (TPSA) is 58.6 Å². The second-order valence-electron chi connectivity index (χ2n) is 4.66. The minimum Gasteiger partial charge on any atom is -0.493 e. The molecule has 2 N–H and O–H groups in total. The molecule has 0 saturated carbocycles. The zero-order valence-electron chi connectivity index (χ0n) is 11.2. The zero-order chi connectivity index (χ0) is 14.3. The minimum absolute atomic E-state index is 0.0891. The van der Waals surface area contributed by atoms with Gasteiger partial charge in [-0.1, -0.05) is 19.9 Å². The first kappa shape index (κ1) is 15.4. The van der Waals surface area contributed by atoms with Crippen molar-refractivity contribution < 1.29 is 19.0 Å². The van der Waals surface area contributed by atoms with Crippen molar-refractivity contribution in [3.05, 3.63) is 30.1 Å². The Hall–Kier alpha value is -1.62. The Labute approximate surface area is 112 Å². The number of hydrogen-bond donors (Lipinski definition) is 2. The Morgan fingerprint density at radius 1 is 1.47 bits per heavy atom. The average molecular weight is 269 g/mol. The highest BCUT2D eigenvalue weighted by atomic mass is 19.1. The van der Waals surface area contributed by atoms with Gasteiger partial charge >= 0.3 is 0 Å². The van der Waals surface area contributed by atoms with Gasteiger partial charge in [0.25, 0.3) is 0 Å². The van der Waals surface area contributed by atoms with E-state index in [1.807, 2.05) is 13.8 Å². The molecule has 0 bridgehead atoms. The van der Waals surface area contributed by atoms with Gasteiger partial charge in [0.15, 0.2) is 0 Å². The van der Waals surface area contributed by atoms with Gasteiger partial charge in [-0.05, 0) is 18.1 Å². The van der Waals surface area contributed by atoms with Crippen LogP contribution < -0.4 is 10.1 Å². The number of halogens is 1. The Morgan fingerprint density at radius 3 is 2.79 bits per heavy atom. The van der Waals surface area contributed by atoms with Gasteiger partial charge in [0.05, 0.1) is 25.7 Å². The van der Waals surface area contributed by atoms with Crippen molar-refractivity contribution >= 4 is 5.91 Å². The van der Waals surface area contributed by atoms with Crippen molar-refractivity contribution in [3.8, 4) is 5.75 Å². The van der Waals surface area contributed by atoms with Gasteiger partial charge in [-0.3, -0.25) is 4.79 Å². The molecule has 1 aromatic carbocycles. The van der Waals surface area contributed by atoms with Gasteiger partial charge in [-0.15, -0.1) is 0 Å². The van der Waals surface area contributed by atoms with E-state index in [-0.39, 0.29) is 43.3 Å². The summed E-state index contributed by atoms with van der Waals surface area (Å²) in [6, 6.07) is 5.52. The van der Waals surface area contributed by atoms with Crippen LogP contribution in [0.1, 0.15) is 20.3 Å². The lowest BCUT2D eigenvalue weighted by atomic mass is 10.1. The molecule has 0 spiro atoms. The molecule has 4 nitrogen and oxygen atoms in total. The quantitative estimate of drug-likeness (QED) is 0.792. The standard InChI is InChI=1S/C14H20FNO3/c1-10(2)13(9-17)16-14(18)6-7-19-12-5-3-4-11(15)8-12/h3-5,8,10,13,17H,6-7,9H2,1-2H3,(H,16,18). The van der Waals surface area contributed by atoms with Crippen molar-refractivity contribution in [2.24, 2.45) is 5.92 Å². The number of ether oxygens (including phenoxy) is 1. The Balaban J connectivity index is 2.31. The van der Waals surface area contributed by atoms with E-state index in [1.165, 1.54) is 12.1 Å². The lowest BCUT2D eigenvalue weighted by molar-refractivity contribution is -0.122. The van der Waals surface area contributed by atoms with Gasteiger partial charge in [0, 0.05) is 6.07 Å². The first-order valence-electron chi connectivity index (χ1n) is 6.31. The summed E-state index contributed by atoms with van der Waals surface area (Å²) in [4.78, 5) is 11.6. The Bertz CT molecular complexity index is 409. The number of aliphatic hydroxyl groups is 1. The predicted octanol–water partition coefficient (Wildman–Crippen LogP) is 1.73. The highest BCUT2D eigenvalue weighted by molar-refractivity contribution is 5.76. The van der Waals surface area contributed by atoms with E-state index < -0.39 is 0 Å². The van der Waals surface area contributed by atoms with E-state index in [0.717, 1.165) is 0 Å². The molecule has 1 aromatic rings. The summed E-state index contributed by atoms with van der Waals surface area (Å²) in [5.74, 6) is -0.000266. The SMILES string of the molecule is CC(C)C(CO)NC(=O)CCOc1cccc(F)c1. The lowest BCUT2D eigenvalue weighted by Gasteiger charge is -2.19. The van der Waals surface area contributed by atoms with Crippen LogP contribution >= 0.6 is 0 Å². The summed E-state index contributed by atoms with van der Waals surface area (Å²) in [6.45, 7) is 3.93. The summed E-state index contributed by atoms with van der Waals surface area (Å²) < 4.78 is 18.1. The Morgan fingerprint density at radius 2 is 2.21 bits per heavy atom. The van der Waals surface area contributed by atoms with Crippen molar-refractivity contribution in [2.45, 2.75) is 26.3 Å². The molecule has 5 heteroatoms.